The van der Waals surface area contributed by atoms with Crippen LogP contribution in [0.15, 0.2) is 44.6 Å². The number of hydrogen-bond acceptors (Lipinski definition) is 12. The number of hydrogen-bond donors (Lipinski definition) is 3. The number of fused-ring (bicyclic) bond motifs is 1. The van der Waals surface area contributed by atoms with Crippen LogP contribution in [0.1, 0.15) is 16.2 Å². The number of oxime groups is 1. The highest BCUT2D eigenvalue weighted by Crippen LogP contribution is 2.41. The molecule has 0 radical (unpaired) electrons. The first kappa shape index (κ1) is 27.0. The zero-order valence-corrected chi connectivity index (χ0v) is 22.6. The van der Waals surface area contributed by atoms with E-state index in [1.165, 1.54) is 36.6 Å². The first-order valence-electron chi connectivity index (χ1n) is 9.55. The molecule has 0 spiro atoms. The van der Waals surface area contributed by atoms with Crippen molar-refractivity contribution in [3.63, 3.8) is 0 Å². The van der Waals surface area contributed by atoms with Gasteiger partial charge in [-0.15, -0.1) is 47.1 Å². The second-order valence-corrected chi connectivity index (χ2v) is 9.81. The van der Waals surface area contributed by atoms with Gasteiger partial charge in [-0.3, -0.25) is 19.3 Å². The maximum absolute atomic E-state index is 12.8. The van der Waals surface area contributed by atoms with Gasteiger partial charge in [-0.25, -0.2) is 9.78 Å². The molecule has 0 saturated carbocycles. The lowest BCUT2D eigenvalue weighted by Gasteiger charge is -2.49. The zero-order valence-electron chi connectivity index (χ0n) is 17.8. The first-order chi connectivity index (χ1) is 16.3. The van der Waals surface area contributed by atoms with Crippen LogP contribution < -0.4 is 11.1 Å². The number of aliphatic carboxylic acids is 1. The predicted molar refractivity (Wildman–Crippen MR) is 141 cm³/mol. The number of nitrogens with zero attached hydrogens (tertiary/aromatic N) is 3. The SMILES string of the molecule is CON=C(C(=O)N[C@@H]1C(=O)N2C(C(=O)O)=C(CSC(=O)c3ccco3)CS[C@H]12)c1csc(N)n1.I. The van der Waals surface area contributed by atoms with Gasteiger partial charge in [0.15, 0.2) is 16.6 Å². The van der Waals surface area contributed by atoms with E-state index in [0.717, 1.165) is 28.0 Å². The number of carbonyl (C=O) groups is 4. The minimum absolute atomic E-state index is 0. The highest BCUT2D eigenvalue weighted by atomic mass is 127. The molecule has 0 aliphatic carbocycles. The number of nitrogens with two attached hydrogens (primary N) is 1. The van der Waals surface area contributed by atoms with Crippen molar-refractivity contribution < 1.29 is 33.5 Å². The van der Waals surface area contributed by atoms with E-state index < -0.39 is 29.2 Å². The van der Waals surface area contributed by atoms with Gasteiger partial charge >= 0.3 is 5.97 Å². The van der Waals surface area contributed by atoms with Crippen molar-refractivity contribution in [1.29, 1.82) is 0 Å². The van der Waals surface area contributed by atoms with Crippen LogP contribution in [0.4, 0.5) is 5.13 Å². The molecule has 186 valence electrons. The number of thiazole rings is 1. The monoisotopic (exact) mass is 651 g/mol. The maximum atomic E-state index is 12.8. The molecule has 2 aromatic heterocycles. The Kier molecular flexibility index (Phi) is 8.84. The van der Waals surface area contributed by atoms with Crippen molar-refractivity contribution in [2.75, 3.05) is 24.3 Å². The van der Waals surface area contributed by atoms with Gasteiger partial charge in [0.05, 0.1) is 6.26 Å². The lowest BCUT2D eigenvalue weighted by Crippen LogP contribution is -2.71. The standard InChI is InChI=1S/C19H17N5O7S3.HI/c1-30-23-11(9-7-34-19(20)21-9)14(25)22-12-15(26)24-13(17(27)28)8(5-32-16(12)24)6-33-18(29)10-3-2-4-31-10;/h2-4,7,12,16H,5-6H2,1H3,(H2,20,21)(H,22,25)(H,27,28);1H/t12-,16-;/m1./s1. The molecule has 2 amide bonds. The number of aromatic nitrogens is 1. The number of β-lactam (4-membered cyclic amide) rings is 1. The van der Waals surface area contributed by atoms with E-state index in [-0.39, 0.29) is 68.6 Å². The molecular weight excluding hydrogens is 633 g/mol. The lowest BCUT2D eigenvalue weighted by atomic mass is 10.0. The molecule has 4 heterocycles. The highest BCUT2D eigenvalue weighted by Gasteiger charge is 2.54. The Labute approximate surface area is 227 Å². The Hall–Kier alpha value is -2.57. The Morgan fingerprint density at radius 1 is 1.46 bits per heavy atom. The summed E-state index contributed by atoms with van der Waals surface area (Å²) in [7, 11) is 1.26. The van der Waals surface area contributed by atoms with Gasteiger partial charge in [0.1, 0.15) is 29.9 Å². The number of anilines is 1. The van der Waals surface area contributed by atoms with Crippen LogP contribution in [0.25, 0.3) is 0 Å². The number of halogens is 1. The molecule has 0 bridgehead atoms. The van der Waals surface area contributed by atoms with E-state index in [0.29, 0.717) is 5.57 Å². The number of furan rings is 1. The number of amides is 2. The third kappa shape index (κ3) is 5.49. The van der Waals surface area contributed by atoms with Crippen LogP contribution in [-0.4, -0.2) is 73.6 Å². The Bertz CT molecular complexity index is 1210. The van der Waals surface area contributed by atoms with Crippen molar-refractivity contribution >= 4 is 92.6 Å². The fourth-order valence-electron chi connectivity index (χ4n) is 3.31. The fraction of sp³-hybridized carbons (Fsp3) is 0.263. The molecule has 0 aromatic carbocycles. The lowest BCUT2D eigenvalue weighted by molar-refractivity contribution is -0.150. The number of carboxylic acids is 1. The van der Waals surface area contributed by atoms with Crippen LogP contribution in [0, 0.1) is 0 Å². The van der Waals surface area contributed by atoms with E-state index in [1.54, 1.807) is 6.07 Å². The van der Waals surface area contributed by atoms with Gasteiger partial charge in [-0.2, -0.15) is 0 Å². The molecule has 2 aliphatic rings. The number of nitrogen functional groups attached to an aromatic ring is 1. The Morgan fingerprint density at radius 2 is 2.23 bits per heavy atom. The molecular formula is C19H18IN5O7S3. The topological polar surface area (TPSA) is 177 Å². The van der Waals surface area contributed by atoms with Crippen molar-refractivity contribution in [2.24, 2.45) is 5.16 Å². The fourth-order valence-corrected chi connectivity index (χ4v) is 6.14. The van der Waals surface area contributed by atoms with E-state index in [9.17, 15) is 24.3 Å². The quantitative estimate of drug-likeness (QED) is 0.164. The van der Waals surface area contributed by atoms with Gasteiger partial charge in [0.2, 0.25) is 0 Å². The first-order valence-corrected chi connectivity index (χ1v) is 12.5. The highest BCUT2D eigenvalue weighted by molar-refractivity contribution is 14.0. The average molecular weight is 651 g/mol. The summed E-state index contributed by atoms with van der Waals surface area (Å²) < 4.78 is 5.05. The molecule has 2 atom stereocenters. The molecule has 16 heteroatoms. The number of carbonyl (C=O) groups excluding carboxylic acids is 3. The summed E-state index contributed by atoms with van der Waals surface area (Å²) in [4.78, 5) is 59.6. The van der Waals surface area contributed by atoms with Crippen molar-refractivity contribution in [1.82, 2.24) is 15.2 Å². The van der Waals surface area contributed by atoms with Gasteiger partial charge < -0.3 is 25.4 Å². The molecule has 0 unspecified atom stereocenters. The van der Waals surface area contributed by atoms with Gasteiger partial charge in [-0.1, -0.05) is 16.9 Å². The van der Waals surface area contributed by atoms with Gasteiger partial charge in [-0.05, 0) is 17.7 Å². The van der Waals surface area contributed by atoms with Crippen LogP contribution >= 0.6 is 58.8 Å². The van der Waals surface area contributed by atoms with Gasteiger partial charge in [0.25, 0.3) is 16.9 Å². The second kappa shape index (κ2) is 11.4. The minimum atomic E-state index is -1.29. The van der Waals surface area contributed by atoms with Crippen molar-refractivity contribution in [3.05, 3.63) is 46.5 Å². The van der Waals surface area contributed by atoms with Crippen molar-refractivity contribution in [2.45, 2.75) is 11.4 Å². The minimum Gasteiger partial charge on any atom is -0.477 e. The van der Waals surface area contributed by atoms with Crippen LogP contribution in [0.3, 0.4) is 0 Å². The number of thioether (sulfide) groups is 2. The number of nitrogens with one attached hydrogen (secondary N) is 1. The van der Waals surface area contributed by atoms with Crippen LogP contribution in [-0.2, 0) is 19.2 Å². The Balaban J connectivity index is 0.00000342. The molecule has 2 aromatic rings. The summed E-state index contributed by atoms with van der Waals surface area (Å²) in [6.45, 7) is 0. The van der Waals surface area contributed by atoms with E-state index in [4.69, 9.17) is 15.0 Å². The summed E-state index contributed by atoms with van der Waals surface area (Å²) in [5, 5.41) is 16.8. The van der Waals surface area contributed by atoms with E-state index >= 15 is 0 Å². The van der Waals surface area contributed by atoms with E-state index in [2.05, 4.69) is 15.5 Å². The molecule has 35 heavy (non-hydrogen) atoms. The smallest absolute Gasteiger partial charge is 0.352 e. The number of rotatable bonds is 8. The van der Waals surface area contributed by atoms with Crippen LogP contribution in [0.2, 0.25) is 0 Å². The third-order valence-electron chi connectivity index (χ3n) is 4.80. The molecule has 1 saturated heterocycles. The third-order valence-corrected chi connectivity index (χ3v) is 7.77. The summed E-state index contributed by atoms with van der Waals surface area (Å²) in [5.41, 5.74) is 5.89. The summed E-state index contributed by atoms with van der Waals surface area (Å²) in [6.07, 6.45) is 1.37. The normalized spacial score (nSPS) is 19.4. The number of carboxylic acid groups (broad SMARTS) is 1. The molecule has 4 rings (SSSR count). The van der Waals surface area contributed by atoms with Crippen LogP contribution in [0.5, 0.6) is 0 Å². The molecule has 4 N–H and O–H groups in total. The average Bonchev–Trinajstić information content (AvgIpc) is 3.50. The van der Waals surface area contributed by atoms with E-state index in [1.807, 2.05) is 0 Å². The summed E-state index contributed by atoms with van der Waals surface area (Å²) in [6, 6.07) is 2.13. The molecule has 2 aliphatic heterocycles. The maximum Gasteiger partial charge on any atom is 0.352 e. The predicted octanol–water partition coefficient (Wildman–Crippen LogP) is 1.60. The molecule has 1 fully saturated rings. The largest absolute Gasteiger partial charge is 0.477 e. The zero-order chi connectivity index (χ0) is 24.4. The van der Waals surface area contributed by atoms with Gasteiger partial charge in [0, 0.05) is 16.9 Å². The van der Waals surface area contributed by atoms with Crippen molar-refractivity contribution in [3.8, 4) is 0 Å². The molecule has 12 nitrogen and oxygen atoms in total. The Morgan fingerprint density at radius 3 is 2.83 bits per heavy atom. The summed E-state index contributed by atoms with van der Waals surface area (Å²) >= 11 is 3.29. The summed E-state index contributed by atoms with van der Waals surface area (Å²) in [5.74, 6) is -2.08. The second-order valence-electron chi connectivity index (χ2n) is 6.87.